The molecule has 0 saturated heterocycles. The van der Waals surface area contributed by atoms with Crippen molar-refractivity contribution in [2.45, 2.75) is 13.3 Å². The highest BCUT2D eigenvalue weighted by Gasteiger charge is 2.31. The van der Waals surface area contributed by atoms with Gasteiger partial charge in [-0.15, -0.1) is 23.4 Å². The highest BCUT2D eigenvalue weighted by Crippen LogP contribution is 2.31. The van der Waals surface area contributed by atoms with Crippen LogP contribution in [-0.4, -0.2) is 25.9 Å². The van der Waals surface area contributed by atoms with Crippen molar-refractivity contribution in [1.82, 2.24) is 19.6 Å². The van der Waals surface area contributed by atoms with Gasteiger partial charge in [0, 0.05) is 11.6 Å². The second kappa shape index (κ2) is 5.84. The highest BCUT2D eigenvalue weighted by molar-refractivity contribution is 6.33. The van der Waals surface area contributed by atoms with Gasteiger partial charge in [-0.2, -0.15) is 0 Å². The van der Waals surface area contributed by atoms with Gasteiger partial charge in [-0.1, -0.05) is 23.7 Å². The average molecular weight is 379 g/mol. The number of hydrogen-bond donors (Lipinski definition) is 0. The van der Waals surface area contributed by atoms with Crippen molar-refractivity contribution in [3.8, 4) is 17.1 Å². The first-order valence-corrected chi connectivity index (χ1v) is 7.87. The molecule has 0 unspecified atom stereocenters. The molecule has 0 saturated carbocycles. The van der Waals surface area contributed by atoms with E-state index in [1.54, 1.807) is 29.5 Å². The second-order valence-corrected chi connectivity index (χ2v) is 5.97. The van der Waals surface area contributed by atoms with E-state index in [2.05, 4.69) is 19.9 Å². The maximum Gasteiger partial charge on any atom is 0.573 e. The lowest BCUT2D eigenvalue weighted by molar-refractivity contribution is -0.274. The van der Waals surface area contributed by atoms with Crippen molar-refractivity contribution in [2.24, 2.45) is 0 Å². The molecule has 132 valence electrons. The number of ether oxygens (including phenoxy) is 1. The Morgan fingerprint density at radius 3 is 2.58 bits per heavy atom. The standard InChI is InChI=1S/C17H10ClF3N4O/c1-9-15-23-24-16(11-4-2-3-5-12(11)18)25(15)14-7-6-10(8-13(14)22-9)26-17(19,20)21/h2-8H,1H3. The molecular weight excluding hydrogens is 369 g/mol. The zero-order valence-electron chi connectivity index (χ0n) is 13.3. The van der Waals surface area contributed by atoms with E-state index in [-0.39, 0.29) is 5.75 Å². The minimum absolute atomic E-state index is 0.324. The van der Waals surface area contributed by atoms with Crippen LogP contribution in [0.4, 0.5) is 13.2 Å². The number of hydrogen-bond acceptors (Lipinski definition) is 4. The first kappa shape index (κ1) is 16.6. The van der Waals surface area contributed by atoms with Crippen LogP contribution in [0.25, 0.3) is 28.1 Å². The summed E-state index contributed by atoms with van der Waals surface area (Å²) in [5, 5.41) is 8.83. The molecule has 2 heterocycles. The molecule has 0 spiro atoms. The van der Waals surface area contributed by atoms with E-state index in [1.807, 2.05) is 6.07 Å². The van der Waals surface area contributed by atoms with E-state index in [0.29, 0.717) is 38.8 Å². The number of halogens is 4. The predicted octanol–water partition coefficient (Wildman–Crippen LogP) is 4.80. The summed E-state index contributed by atoms with van der Waals surface area (Å²) in [5.41, 5.74) is 2.54. The lowest BCUT2D eigenvalue weighted by Crippen LogP contribution is -2.17. The second-order valence-electron chi connectivity index (χ2n) is 5.56. The molecule has 26 heavy (non-hydrogen) atoms. The van der Waals surface area contributed by atoms with Gasteiger partial charge in [-0.3, -0.25) is 4.40 Å². The van der Waals surface area contributed by atoms with Crippen LogP contribution < -0.4 is 4.74 Å². The van der Waals surface area contributed by atoms with E-state index in [4.69, 9.17) is 11.6 Å². The summed E-state index contributed by atoms with van der Waals surface area (Å²) in [4.78, 5) is 4.32. The van der Waals surface area contributed by atoms with E-state index in [9.17, 15) is 13.2 Å². The molecule has 0 fully saturated rings. The summed E-state index contributed by atoms with van der Waals surface area (Å²) >= 11 is 6.26. The molecule has 0 atom stereocenters. The van der Waals surface area contributed by atoms with Crippen molar-refractivity contribution in [2.75, 3.05) is 0 Å². The van der Waals surface area contributed by atoms with Crippen LogP contribution in [0.2, 0.25) is 5.02 Å². The molecule has 9 heteroatoms. The normalized spacial score (nSPS) is 12.0. The van der Waals surface area contributed by atoms with Crippen molar-refractivity contribution in [1.29, 1.82) is 0 Å². The van der Waals surface area contributed by atoms with Crippen LogP contribution >= 0.6 is 11.6 Å². The summed E-state index contributed by atoms with van der Waals surface area (Å²) in [6.45, 7) is 1.71. The monoisotopic (exact) mass is 378 g/mol. The third-order valence-electron chi connectivity index (χ3n) is 3.81. The quantitative estimate of drug-likeness (QED) is 0.502. The minimum atomic E-state index is -4.77. The van der Waals surface area contributed by atoms with Crippen LogP contribution in [0.5, 0.6) is 5.75 Å². The molecule has 2 aromatic heterocycles. The van der Waals surface area contributed by atoms with Gasteiger partial charge in [0.05, 0.1) is 21.7 Å². The molecule has 0 amide bonds. The molecule has 4 rings (SSSR count). The molecule has 5 nitrogen and oxygen atoms in total. The maximum absolute atomic E-state index is 12.5. The topological polar surface area (TPSA) is 52.3 Å². The van der Waals surface area contributed by atoms with E-state index in [1.165, 1.54) is 18.2 Å². The molecule has 0 radical (unpaired) electrons. The summed E-state index contributed by atoms with van der Waals surface area (Å²) in [7, 11) is 0. The molecular formula is C17H10ClF3N4O. The Hall–Kier alpha value is -2.87. The predicted molar refractivity (Wildman–Crippen MR) is 90.2 cm³/mol. The fourth-order valence-electron chi connectivity index (χ4n) is 2.77. The number of fused-ring (bicyclic) bond motifs is 3. The van der Waals surface area contributed by atoms with Crippen LogP contribution in [0.3, 0.4) is 0 Å². The van der Waals surface area contributed by atoms with Gasteiger partial charge in [0.15, 0.2) is 11.5 Å². The highest BCUT2D eigenvalue weighted by atomic mass is 35.5. The Morgan fingerprint density at radius 1 is 1.08 bits per heavy atom. The zero-order chi connectivity index (χ0) is 18.5. The number of aromatic nitrogens is 4. The average Bonchev–Trinajstić information content (AvgIpc) is 2.99. The molecule has 2 aromatic carbocycles. The van der Waals surface area contributed by atoms with Crippen LogP contribution in [0.15, 0.2) is 42.5 Å². The van der Waals surface area contributed by atoms with Gasteiger partial charge >= 0.3 is 6.36 Å². The first-order chi connectivity index (χ1) is 12.3. The smallest absolute Gasteiger partial charge is 0.406 e. The van der Waals surface area contributed by atoms with Gasteiger partial charge in [0.1, 0.15) is 5.75 Å². The minimum Gasteiger partial charge on any atom is -0.406 e. The summed E-state index contributed by atoms with van der Waals surface area (Å²) in [5.74, 6) is 0.134. The van der Waals surface area contributed by atoms with Crippen LogP contribution in [0, 0.1) is 6.92 Å². The molecule has 0 aliphatic rings. The SMILES string of the molecule is Cc1nc2cc(OC(F)(F)F)ccc2n2c(-c3ccccc3Cl)nnc12. The Kier molecular flexibility index (Phi) is 3.73. The maximum atomic E-state index is 12.5. The van der Waals surface area contributed by atoms with E-state index in [0.717, 1.165) is 0 Å². The van der Waals surface area contributed by atoms with Gasteiger partial charge < -0.3 is 4.74 Å². The molecule has 0 aliphatic heterocycles. The lowest BCUT2D eigenvalue weighted by Gasteiger charge is -2.11. The summed E-state index contributed by atoms with van der Waals surface area (Å²) in [6.07, 6.45) is -4.77. The van der Waals surface area contributed by atoms with Crippen molar-refractivity contribution < 1.29 is 17.9 Å². The Labute approximate surface area is 150 Å². The number of alkyl halides is 3. The summed E-state index contributed by atoms with van der Waals surface area (Å²) in [6, 6.07) is 11.1. The molecule has 0 aliphatic carbocycles. The Bertz CT molecular complexity index is 1140. The fraction of sp³-hybridized carbons (Fsp3) is 0.118. The van der Waals surface area contributed by atoms with Crippen molar-refractivity contribution in [3.63, 3.8) is 0 Å². The Balaban J connectivity index is 1.99. The van der Waals surface area contributed by atoms with Gasteiger partial charge in [0.25, 0.3) is 0 Å². The van der Waals surface area contributed by atoms with Crippen molar-refractivity contribution >= 4 is 28.3 Å². The lowest BCUT2D eigenvalue weighted by atomic mass is 10.2. The third kappa shape index (κ3) is 2.82. The van der Waals surface area contributed by atoms with Crippen LogP contribution in [0.1, 0.15) is 5.69 Å². The van der Waals surface area contributed by atoms with Crippen LogP contribution in [-0.2, 0) is 0 Å². The number of rotatable bonds is 2. The zero-order valence-corrected chi connectivity index (χ0v) is 14.0. The van der Waals surface area contributed by atoms with E-state index >= 15 is 0 Å². The van der Waals surface area contributed by atoms with Gasteiger partial charge in [-0.05, 0) is 31.2 Å². The van der Waals surface area contributed by atoms with E-state index < -0.39 is 6.36 Å². The number of nitrogens with zero attached hydrogens (tertiary/aromatic N) is 4. The summed E-state index contributed by atoms with van der Waals surface area (Å²) < 4.78 is 43.1. The van der Waals surface area contributed by atoms with Crippen molar-refractivity contribution in [3.05, 3.63) is 53.2 Å². The molecule has 4 aromatic rings. The largest absolute Gasteiger partial charge is 0.573 e. The fourth-order valence-corrected chi connectivity index (χ4v) is 2.99. The molecule has 0 N–H and O–H groups in total. The Morgan fingerprint density at radius 2 is 1.85 bits per heavy atom. The van der Waals surface area contributed by atoms with Gasteiger partial charge in [-0.25, -0.2) is 4.98 Å². The molecule has 0 bridgehead atoms. The third-order valence-corrected chi connectivity index (χ3v) is 4.14. The number of aryl methyl sites for hydroxylation is 1. The number of benzene rings is 2. The first-order valence-electron chi connectivity index (χ1n) is 7.49. The van der Waals surface area contributed by atoms with Gasteiger partial charge in [0.2, 0.25) is 0 Å².